The quantitative estimate of drug-likeness (QED) is 0.597. The van der Waals surface area contributed by atoms with Crippen LogP contribution >= 0.6 is 11.6 Å². The number of rotatable bonds is 6. The first-order valence-corrected chi connectivity index (χ1v) is 12.1. The van der Waals surface area contributed by atoms with Crippen LogP contribution in [0, 0.1) is 13.8 Å². The lowest BCUT2D eigenvalue weighted by Gasteiger charge is -2.47. The summed E-state index contributed by atoms with van der Waals surface area (Å²) < 4.78 is 5.83. The lowest BCUT2D eigenvalue weighted by Crippen LogP contribution is -2.62. The molecular weight excluding hydrogens is 440 g/mol. The van der Waals surface area contributed by atoms with Crippen LogP contribution in [0.3, 0.4) is 0 Å². The average molecular weight is 475 g/mol. The van der Waals surface area contributed by atoms with Crippen molar-refractivity contribution in [2.45, 2.75) is 50.4 Å². The summed E-state index contributed by atoms with van der Waals surface area (Å²) in [6.07, 6.45) is 0.852. The maximum Gasteiger partial charge on any atom is 0.138 e. The Hall–Kier alpha value is -1.83. The van der Waals surface area contributed by atoms with Crippen LogP contribution in [0.1, 0.15) is 30.4 Å². The number of aliphatic hydroxyl groups is 3. The van der Waals surface area contributed by atoms with Gasteiger partial charge < -0.3 is 25.0 Å². The summed E-state index contributed by atoms with van der Waals surface area (Å²) in [7, 11) is 0. The number of β-amino-alcohol motifs (C(OH)–C–C–N with tert-alkyl or cyclic N) is 2. The molecule has 0 amide bonds. The van der Waals surface area contributed by atoms with Crippen LogP contribution in [-0.2, 0) is 0 Å². The molecule has 0 aromatic heterocycles. The number of aryl methyl sites for hydroxylation is 2. The highest BCUT2D eigenvalue weighted by atomic mass is 35.5. The monoisotopic (exact) mass is 474 g/mol. The lowest BCUT2D eigenvalue weighted by atomic mass is 9.86. The average Bonchev–Trinajstić information content (AvgIpc) is 2.78. The van der Waals surface area contributed by atoms with Gasteiger partial charge in [-0.15, -0.1) is 0 Å². The third kappa shape index (κ3) is 5.64. The van der Waals surface area contributed by atoms with Crippen LogP contribution in [0.2, 0.25) is 5.02 Å². The number of hydrogen-bond acceptors (Lipinski definition) is 6. The van der Waals surface area contributed by atoms with Gasteiger partial charge in [0.05, 0.1) is 16.7 Å². The van der Waals surface area contributed by atoms with Crippen molar-refractivity contribution in [3.63, 3.8) is 0 Å². The predicted molar refractivity (Wildman–Crippen MR) is 131 cm³/mol. The topological polar surface area (TPSA) is 76.4 Å². The zero-order chi connectivity index (χ0) is 23.6. The molecule has 2 aromatic carbocycles. The Balaban J connectivity index is 1.36. The van der Waals surface area contributed by atoms with E-state index in [1.807, 2.05) is 25.1 Å². The van der Waals surface area contributed by atoms with Gasteiger partial charge in [-0.2, -0.15) is 0 Å². The van der Waals surface area contributed by atoms with Crippen LogP contribution in [0.4, 0.5) is 5.69 Å². The minimum atomic E-state index is -1.43. The number of hydrogen-bond donors (Lipinski definition) is 3. The molecule has 7 heteroatoms. The summed E-state index contributed by atoms with van der Waals surface area (Å²) in [5.41, 5.74) is 1.23. The Labute approximate surface area is 201 Å². The van der Waals surface area contributed by atoms with Crippen LogP contribution in [0.25, 0.3) is 0 Å². The van der Waals surface area contributed by atoms with Gasteiger partial charge in [0, 0.05) is 38.4 Å². The van der Waals surface area contributed by atoms with E-state index in [9.17, 15) is 15.3 Å². The minimum absolute atomic E-state index is 0.0622. The molecule has 0 unspecified atom stereocenters. The van der Waals surface area contributed by atoms with Gasteiger partial charge in [0.2, 0.25) is 0 Å². The van der Waals surface area contributed by atoms with E-state index in [1.165, 1.54) is 11.3 Å². The molecule has 2 fully saturated rings. The maximum absolute atomic E-state index is 11.3. The summed E-state index contributed by atoms with van der Waals surface area (Å²) in [5.74, 6) is 0.497. The van der Waals surface area contributed by atoms with Gasteiger partial charge in [-0.1, -0.05) is 35.9 Å². The smallest absolute Gasteiger partial charge is 0.138 e. The van der Waals surface area contributed by atoms with Gasteiger partial charge in [-0.3, -0.25) is 4.90 Å². The number of piperidine rings is 2. The predicted octanol–water partition coefficient (Wildman–Crippen LogP) is 3.16. The third-order valence-corrected chi connectivity index (χ3v) is 7.38. The molecule has 0 bridgehead atoms. The van der Waals surface area contributed by atoms with Crippen LogP contribution in [0.5, 0.6) is 5.75 Å². The summed E-state index contributed by atoms with van der Waals surface area (Å²) >= 11 is 6.22. The van der Waals surface area contributed by atoms with Crippen molar-refractivity contribution in [3.05, 3.63) is 58.6 Å². The zero-order valence-electron chi connectivity index (χ0n) is 19.5. The molecule has 2 saturated heterocycles. The number of likely N-dealkylation sites (tertiary alicyclic amines) is 1. The van der Waals surface area contributed by atoms with Gasteiger partial charge in [-0.05, 0) is 62.4 Å². The Morgan fingerprint density at radius 2 is 1.79 bits per heavy atom. The van der Waals surface area contributed by atoms with Gasteiger partial charge in [0.1, 0.15) is 18.0 Å². The number of aliphatic hydroxyl groups excluding tert-OH is 1. The number of ether oxygens (including phenoxy) is 1. The molecule has 0 radical (unpaired) electrons. The van der Waals surface area contributed by atoms with E-state index in [0.717, 1.165) is 18.7 Å². The number of anilines is 1. The summed E-state index contributed by atoms with van der Waals surface area (Å²) in [5, 5.41) is 33.5. The molecule has 0 saturated carbocycles. The van der Waals surface area contributed by atoms with Crippen LogP contribution in [0.15, 0.2) is 42.5 Å². The van der Waals surface area contributed by atoms with Gasteiger partial charge in [-0.25, -0.2) is 0 Å². The summed E-state index contributed by atoms with van der Waals surface area (Å²) in [4.78, 5) is 4.39. The van der Waals surface area contributed by atoms with E-state index in [2.05, 4.69) is 34.9 Å². The molecule has 2 aliphatic heterocycles. The van der Waals surface area contributed by atoms with Crippen LogP contribution < -0.4 is 9.64 Å². The minimum Gasteiger partial charge on any atom is -0.489 e. The van der Waals surface area contributed by atoms with E-state index in [0.29, 0.717) is 43.1 Å². The highest BCUT2D eigenvalue weighted by Crippen LogP contribution is 2.32. The lowest BCUT2D eigenvalue weighted by molar-refractivity contribution is -0.149. The first-order chi connectivity index (χ1) is 15.7. The van der Waals surface area contributed by atoms with Crippen molar-refractivity contribution in [3.8, 4) is 5.75 Å². The molecule has 4 rings (SSSR count). The van der Waals surface area contributed by atoms with E-state index >= 15 is 0 Å². The molecule has 0 spiro atoms. The van der Waals surface area contributed by atoms with Gasteiger partial charge in [0.25, 0.3) is 0 Å². The van der Waals surface area contributed by atoms with Gasteiger partial charge >= 0.3 is 0 Å². The Morgan fingerprint density at radius 3 is 2.52 bits per heavy atom. The third-order valence-electron chi connectivity index (χ3n) is 7.07. The maximum atomic E-state index is 11.3. The van der Waals surface area contributed by atoms with E-state index in [1.54, 1.807) is 6.07 Å². The molecule has 2 aliphatic rings. The summed E-state index contributed by atoms with van der Waals surface area (Å²) in [6.45, 7) is 6.90. The number of halogens is 1. The Bertz CT molecular complexity index is 963. The fourth-order valence-electron chi connectivity index (χ4n) is 5.00. The summed E-state index contributed by atoms with van der Waals surface area (Å²) in [6, 6.07) is 13.8. The van der Waals surface area contributed by atoms with Crippen molar-refractivity contribution in [2.24, 2.45) is 0 Å². The standard InChI is InChI=1S/C26H35ClN2O4/c1-19-7-8-21(27)23(15-19)33-18-26(32)17-28(12-9-24(26)30)16-25(31)10-13-29(14-11-25)22-6-4-3-5-20(22)2/h3-8,15,24,30-32H,9-14,16-18H2,1-2H3/t24-,26-/m0/s1. The van der Waals surface area contributed by atoms with E-state index in [4.69, 9.17) is 16.3 Å². The number of benzene rings is 2. The molecule has 0 aliphatic carbocycles. The molecule has 180 valence electrons. The highest BCUT2D eigenvalue weighted by Gasteiger charge is 2.44. The molecule has 3 N–H and O–H groups in total. The SMILES string of the molecule is Cc1ccc(Cl)c(OC[C@@]2(O)CN(CC3(O)CCN(c4ccccc4C)CC3)CC[C@@H]2O)c1. The highest BCUT2D eigenvalue weighted by molar-refractivity contribution is 6.32. The number of para-hydroxylation sites is 1. The molecular formula is C26H35ClN2O4. The van der Waals surface area contributed by atoms with E-state index < -0.39 is 17.3 Å². The van der Waals surface area contributed by atoms with Crippen molar-refractivity contribution in [1.29, 1.82) is 0 Å². The zero-order valence-corrected chi connectivity index (χ0v) is 20.3. The fraction of sp³-hybridized carbons (Fsp3) is 0.538. The molecule has 2 atom stereocenters. The first-order valence-electron chi connectivity index (χ1n) is 11.7. The fourth-order valence-corrected chi connectivity index (χ4v) is 5.17. The van der Waals surface area contributed by atoms with Crippen molar-refractivity contribution < 1.29 is 20.1 Å². The molecule has 6 nitrogen and oxygen atoms in total. The van der Waals surface area contributed by atoms with Crippen LogP contribution in [-0.4, -0.2) is 76.9 Å². The van der Waals surface area contributed by atoms with Gasteiger partial charge in [0.15, 0.2) is 0 Å². The second-order valence-electron chi connectivity index (χ2n) is 9.84. The number of nitrogens with zero attached hydrogens (tertiary/aromatic N) is 2. The Morgan fingerprint density at radius 1 is 1.06 bits per heavy atom. The molecule has 2 aromatic rings. The van der Waals surface area contributed by atoms with Crippen molar-refractivity contribution in [1.82, 2.24) is 4.90 Å². The first kappa shape index (κ1) is 24.3. The largest absolute Gasteiger partial charge is 0.489 e. The van der Waals surface area contributed by atoms with Crippen molar-refractivity contribution in [2.75, 3.05) is 44.2 Å². The molecule has 2 heterocycles. The Kier molecular flexibility index (Phi) is 7.22. The van der Waals surface area contributed by atoms with Crippen molar-refractivity contribution >= 4 is 17.3 Å². The molecule has 33 heavy (non-hydrogen) atoms. The second kappa shape index (κ2) is 9.80. The second-order valence-corrected chi connectivity index (χ2v) is 10.2. The normalized spacial score (nSPS) is 25.8. The van der Waals surface area contributed by atoms with E-state index in [-0.39, 0.29) is 13.2 Å².